The van der Waals surface area contributed by atoms with Crippen molar-refractivity contribution >= 4 is 44.1 Å². The Labute approximate surface area is 115 Å². The molecule has 0 aliphatic rings. The molecule has 1 amide bonds. The van der Waals surface area contributed by atoms with Gasteiger partial charge < -0.3 is 10.4 Å². The lowest BCUT2D eigenvalue weighted by atomic mass is 10.3. The van der Waals surface area contributed by atoms with Gasteiger partial charge in [0, 0.05) is 16.9 Å². The molecule has 2 N–H and O–H groups in total. The van der Waals surface area contributed by atoms with Crippen molar-refractivity contribution in [1.29, 1.82) is 0 Å². The number of carboxylic acid groups (broad SMARTS) is 1. The number of hydrogen-bond donors (Lipinski definition) is 2. The van der Waals surface area contributed by atoms with E-state index >= 15 is 0 Å². The number of rotatable bonds is 3. The highest BCUT2D eigenvalue weighted by molar-refractivity contribution is 9.10. The van der Waals surface area contributed by atoms with E-state index in [-0.39, 0.29) is 10.8 Å². The molecule has 0 atom stereocenters. The molecular formula is C11H7BrN2O3S. The van der Waals surface area contributed by atoms with Gasteiger partial charge in [-0.25, -0.2) is 4.79 Å². The quantitative estimate of drug-likeness (QED) is 0.908. The summed E-state index contributed by atoms with van der Waals surface area (Å²) in [6, 6.07) is 4.63. The van der Waals surface area contributed by atoms with E-state index in [1.807, 2.05) is 0 Å². The molecule has 0 bridgehead atoms. The molecule has 0 saturated carbocycles. The van der Waals surface area contributed by atoms with Crippen LogP contribution in [0.4, 0.5) is 5.00 Å². The van der Waals surface area contributed by atoms with Crippen molar-refractivity contribution in [2.75, 3.05) is 5.32 Å². The van der Waals surface area contributed by atoms with Crippen LogP contribution in [0.5, 0.6) is 0 Å². The Morgan fingerprint density at radius 1 is 1.33 bits per heavy atom. The van der Waals surface area contributed by atoms with Gasteiger partial charge in [0.15, 0.2) is 0 Å². The van der Waals surface area contributed by atoms with Gasteiger partial charge in [-0.2, -0.15) is 0 Å². The van der Waals surface area contributed by atoms with E-state index in [0.717, 1.165) is 11.3 Å². The van der Waals surface area contributed by atoms with Crippen LogP contribution in [-0.4, -0.2) is 22.0 Å². The monoisotopic (exact) mass is 326 g/mol. The molecule has 0 aliphatic carbocycles. The minimum absolute atomic E-state index is 0.178. The van der Waals surface area contributed by atoms with Crippen molar-refractivity contribution in [2.24, 2.45) is 0 Å². The number of nitrogens with one attached hydrogen (secondary N) is 1. The first kappa shape index (κ1) is 12.7. The van der Waals surface area contributed by atoms with E-state index in [4.69, 9.17) is 5.11 Å². The van der Waals surface area contributed by atoms with Gasteiger partial charge in [-0.15, -0.1) is 11.3 Å². The molecule has 0 saturated heterocycles. The summed E-state index contributed by atoms with van der Waals surface area (Å²) in [5.74, 6) is -1.34. The van der Waals surface area contributed by atoms with Crippen molar-refractivity contribution in [3.63, 3.8) is 0 Å². The summed E-state index contributed by atoms with van der Waals surface area (Å²) in [6.07, 6.45) is 3.01. The van der Waals surface area contributed by atoms with E-state index in [2.05, 4.69) is 26.2 Å². The summed E-state index contributed by atoms with van der Waals surface area (Å²) in [4.78, 5) is 26.6. The number of pyridine rings is 1. The fourth-order valence-electron chi connectivity index (χ4n) is 1.24. The van der Waals surface area contributed by atoms with Gasteiger partial charge in [-0.3, -0.25) is 9.78 Å². The van der Waals surface area contributed by atoms with Gasteiger partial charge in [0.2, 0.25) is 0 Å². The highest BCUT2D eigenvalue weighted by Gasteiger charge is 2.11. The number of amides is 1. The van der Waals surface area contributed by atoms with E-state index < -0.39 is 5.97 Å². The lowest BCUT2D eigenvalue weighted by Crippen LogP contribution is -2.11. The Balaban J connectivity index is 2.13. The number of anilines is 1. The minimum Gasteiger partial charge on any atom is -0.477 e. The maximum absolute atomic E-state index is 11.8. The van der Waals surface area contributed by atoms with Crippen molar-refractivity contribution in [2.45, 2.75) is 0 Å². The van der Waals surface area contributed by atoms with Crippen LogP contribution in [0.15, 0.2) is 35.1 Å². The molecule has 18 heavy (non-hydrogen) atoms. The summed E-state index contributed by atoms with van der Waals surface area (Å²) in [5.41, 5.74) is 0.398. The van der Waals surface area contributed by atoms with E-state index in [1.165, 1.54) is 12.3 Å². The van der Waals surface area contributed by atoms with E-state index in [1.54, 1.807) is 18.3 Å². The van der Waals surface area contributed by atoms with Crippen molar-refractivity contribution < 1.29 is 14.7 Å². The zero-order chi connectivity index (χ0) is 13.1. The summed E-state index contributed by atoms with van der Waals surface area (Å²) >= 11 is 4.23. The predicted octanol–water partition coefficient (Wildman–Crippen LogP) is 2.86. The summed E-state index contributed by atoms with van der Waals surface area (Å²) < 4.78 is 0.701. The Morgan fingerprint density at radius 3 is 2.72 bits per heavy atom. The number of carboxylic acids is 1. The second kappa shape index (κ2) is 5.28. The van der Waals surface area contributed by atoms with Gasteiger partial charge >= 0.3 is 5.97 Å². The molecule has 92 valence electrons. The Bertz CT molecular complexity index is 612. The molecule has 7 heteroatoms. The van der Waals surface area contributed by atoms with Gasteiger partial charge in [-0.1, -0.05) is 0 Å². The van der Waals surface area contributed by atoms with Crippen LogP contribution in [0.25, 0.3) is 0 Å². The van der Waals surface area contributed by atoms with Crippen LogP contribution >= 0.6 is 27.3 Å². The molecule has 2 aromatic heterocycles. The number of carbonyl (C=O) groups is 2. The molecule has 2 heterocycles. The Kier molecular flexibility index (Phi) is 3.73. The number of aromatic carboxylic acids is 1. The number of carbonyl (C=O) groups excluding carboxylic acids is 1. The molecule has 0 radical (unpaired) electrons. The summed E-state index contributed by atoms with van der Waals surface area (Å²) in [7, 11) is 0. The van der Waals surface area contributed by atoms with Gasteiger partial charge in [0.25, 0.3) is 5.91 Å². The highest BCUT2D eigenvalue weighted by Crippen LogP contribution is 2.22. The Morgan fingerprint density at radius 2 is 2.11 bits per heavy atom. The average molecular weight is 327 g/mol. The maximum Gasteiger partial charge on any atom is 0.345 e. The SMILES string of the molecule is O=C(Nc1ccc(C(=O)O)s1)c1cncc(Br)c1. The lowest BCUT2D eigenvalue weighted by molar-refractivity contribution is 0.0702. The maximum atomic E-state index is 11.8. The topological polar surface area (TPSA) is 79.3 Å². The molecule has 2 rings (SSSR count). The highest BCUT2D eigenvalue weighted by atomic mass is 79.9. The first-order valence-corrected chi connectivity index (χ1v) is 6.42. The Hall–Kier alpha value is -1.73. The summed E-state index contributed by atoms with van der Waals surface area (Å²) in [6.45, 7) is 0. The number of aromatic nitrogens is 1. The van der Waals surface area contributed by atoms with Crippen LogP contribution in [-0.2, 0) is 0 Å². The van der Waals surface area contributed by atoms with Gasteiger partial charge in [-0.05, 0) is 34.1 Å². The van der Waals surface area contributed by atoms with E-state index in [0.29, 0.717) is 15.0 Å². The molecule has 0 unspecified atom stereocenters. The third-order valence-corrected chi connectivity index (χ3v) is 3.44. The normalized spacial score (nSPS) is 10.1. The zero-order valence-corrected chi connectivity index (χ0v) is 11.3. The fourth-order valence-corrected chi connectivity index (χ4v) is 2.35. The van der Waals surface area contributed by atoms with Crippen LogP contribution < -0.4 is 5.32 Å². The zero-order valence-electron chi connectivity index (χ0n) is 8.88. The third-order valence-electron chi connectivity index (χ3n) is 2.02. The van der Waals surface area contributed by atoms with Crippen LogP contribution in [0.2, 0.25) is 0 Å². The fraction of sp³-hybridized carbons (Fsp3) is 0. The number of nitrogens with zero attached hydrogens (tertiary/aromatic N) is 1. The van der Waals surface area contributed by atoms with Crippen LogP contribution in [0.1, 0.15) is 20.0 Å². The largest absolute Gasteiger partial charge is 0.477 e. The first-order valence-electron chi connectivity index (χ1n) is 4.81. The standard InChI is InChI=1S/C11H7BrN2O3S/c12-7-3-6(4-13-5-7)10(15)14-9-2-1-8(18-9)11(16)17/h1-5H,(H,14,15)(H,16,17). The van der Waals surface area contributed by atoms with Crippen molar-refractivity contribution in [3.05, 3.63) is 45.5 Å². The molecule has 0 fully saturated rings. The lowest BCUT2D eigenvalue weighted by Gasteiger charge is -2.01. The third kappa shape index (κ3) is 2.93. The number of thiophene rings is 1. The predicted molar refractivity (Wildman–Crippen MR) is 71.2 cm³/mol. The van der Waals surface area contributed by atoms with Crippen LogP contribution in [0, 0.1) is 0 Å². The van der Waals surface area contributed by atoms with E-state index in [9.17, 15) is 9.59 Å². The first-order chi connectivity index (χ1) is 8.56. The van der Waals surface area contributed by atoms with Crippen molar-refractivity contribution in [3.8, 4) is 0 Å². The average Bonchev–Trinajstić information content (AvgIpc) is 2.77. The smallest absolute Gasteiger partial charge is 0.345 e. The van der Waals surface area contributed by atoms with Crippen LogP contribution in [0.3, 0.4) is 0 Å². The number of halogens is 1. The van der Waals surface area contributed by atoms with Crippen molar-refractivity contribution in [1.82, 2.24) is 4.98 Å². The minimum atomic E-state index is -1.01. The second-order valence-electron chi connectivity index (χ2n) is 3.32. The van der Waals surface area contributed by atoms with Gasteiger partial charge in [0.05, 0.1) is 10.6 Å². The summed E-state index contributed by atoms with van der Waals surface area (Å²) in [5, 5.41) is 11.9. The second-order valence-corrected chi connectivity index (χ2v) is 5.31. The molecule has 2 aromatic rings. The molecule has 0 aliphatic heterocycles. The number of hydrogen-bond acceptors (Lipinski definition) is 4. The molecule has 0 aromatic carbocycles. The molecule has 0 spiro atoms. The van der Waals surface area contributed by atoms with Gasteiger partial charge in [0.1, 0.15) is 4.88 Å². The molecule has 5 nitrogen and oxygen atoms in total. The molecular weight excluding hydrogens is 320 g/mol.